The quantitative estimate of drug-likeness (QED) is 0.337. The third kappa shape index (κ3) is 7.03. The first-order valence-corrected chi connectivity index (χ1v) is 11.5. The zero-order chi connectivity index (χ0) is 26.3. The van der Waals surface area contributed by atoms with Crippen molar-refractivity contribution in [3.8, 4) is 11.4 Å². The molecule has 0 radical (unpaired) electrons. The molecule has 1 heterocycles. The van der Waals surface area contributed by atoms with Crippen LogP contribution in [0.2, 0.25) is 0 Å². The van der Waals surface area contributed by atoms with E-state index in [9.17, 15) is 22.8 Å². The maximum Gasteiger partial charge on any atom is 0.416 e. The molecular formula is C27H23F3N4O3. The van der Waals surface area contributed by atoms with Gasteiger partial charge in [-0.3, -0.25) is 9.59 Å². The topological polar surface area (TPSA) is 97.1 Å². The van der Waals surface area contributed by atoms with E-state index in [-0.39, 0.29) is 36.0 Å². The van der Waals surface area contributed by atoms with Crippen LogP contribution in [0.15, 0.2) is 89.5 Å². The average Bonchev–Trinajstić information content (AvgIpc) is 3.39. The first kappa shape index (κ1) is 25.6. The van der Waals surface area contributed by atoms with E-state index >= 15 is 0 Å². The highest BCUT2D eigenvalue weighted by atomic mass is 19.4. The molecule has 0 spiro atoms. The van der Waals surface area contributed by atoms with Crippen molar-refractivity contribution in [3.63, 3.8) is 0 Å². The summed E-state index contributed by atoms with van der Waals surface area (Å²) < 4.78 is 44.1. The molecule has 0 aliphatic heterocycles. The number of carbonyl (C=O) groups is 2. The van der Waals surface area contributed by atoms with Gasteiger partial charge >= 0.3 is 6.18 Å². The maximum atomic E-state index is 13.0. The second-order valence-corrected chi connectivity index (χ2v) is 8.20. The van der Waals surface area contributed by atoms with Crippen molar-refractivity contribution in [2.45, 2.75) is 31.6 Å². The number of nitrogens with zero attached hydrogens (tertiary/aromatic N) is 2. The smallest absolute Gasteiger partial charge is 0.350 e. The van der Waals surface area contributed by atoms with E-state index < -0.39 is 23.7 Å². The summed E-state index contributed by atoms with van der Waals surface area (Å²) in [6.45, 7) is 0.305. The Morgan fingerprint density at radius 3 is 2.32 bits per heavy atom. The first-order valence-electron chi connectivity index (χ1n) is 11.5. The molecule has 0 fully saturated rings. The molecule has 1 aromatic heterocycles. The predicted octanol–water partition coefficient (Wildman–Crippen LogP) is 4.86. The summed E-state index contributed by atoms with van der Waals surface area (Å²) in [7, 11) is 0. The molecule has 4 aromatic rings. The summed E-state index contributed by atoms with van der Waals surface area (Å²) in [6, 6.07) is 21.9. The molecule has 10 heteroatoms. The van der Waals surface area contributed by atoms with Crippen molar-refractivity contribution in [1.82, 2.24) is 20.8 Å². The van der Waals surface area contributed by atoms with E-state index in [1.54, 1.807) is 24.3 Å². The Labute approximate surface area is 210 Å². The maximum absolute atomic E-state index is 13.0. The Morgan fingerprint density at radius 2 is 1.62 bits per heavy atom. The van der Waals surface area contributed by atoms with Gasteiger partial charge in [-0.25, -0.2) is 0 Å². The summed E-state index contributed by atoms with van der Waals surface area (Å²) in [6.07, 6.45) is -4.52. The van der Waals surface area contributed by atoms with Crippen molar-refractivity contribution < 1.29 is 27.3 Å². The van der Waals surface area contributed by atoms with Gasteiger partial charge in [-0.05, 0) is 23.3 Å². The van der Waals surface area contributed by atoms with Crippen LogP contribution in [0.4, 0.5) is 13.2 Å². The van der Waals surface area contributed by atoms with Gasteiger partial charge in [0.15, 0.2) is 0 Å². The van der Waals surface area contributed by atoms with Gasteiger partial charge in [-0.2, -0.15) is 18.2 Å². The van der Waals surface area contributed by atoms with E-state index in [2.05, 4.69) is 20.8 Å². The lowest BCUT2D eigenvalue weighted by Crippen LogP contribution is -2.40. The van der Waals surface area contributed by atoms with E-state index in [0.717, 1.165) is 17.7 Å². The summed E-state index contributed by atoms with van der Waals surface area (Å²) >= 11 is 0. The molecule has 7 nitrogen and oxygen atoms in total. The molecule has 0 unspecified atom stereocenters. The Hall–Kier alpha value is -4.47. The number of hydrogen-bond donors (Lipinski definition) is 2. The molecular weight excluding hydrogens is 485 g/mol. The summed E-state index contributed by atoms with van der Waals surface area (Å²) in [5.74, 6) is -0.716. The van der Waals surface area contributed by atoms with Gasteiger partial charge in [0.1, 0.15) is 6.04 Å². The summed E-state index contributed by atoms with van der Waals surface area (Å²) in [4.78, 5) is 29.7. The van der Waals surface area contributed by atoms with E-state index in [1.807, 2.05) is 36.4 Å². The van der Waals surface area contributed by atoms with Gasteiger partial charge < -0.3 is 15.2 Å². The standard InChI is InChI=1S/C27H23F3N4O3/c28-27(29,30)21-13-7-12-20(16-21)25-33-23(37-34-25)15-14-22(35)32-24(19-10-5-2-6-11-19)26(36)31-17-18-8-3-1-4-9-18/h1-13,16,24H,14-15,17H2,(H,31,36)(H,32,35)/t24-/m0/s1. The molecule has 0 bridgehead atoms. The van der Waals surface area contributed by atoms with Gasteiger partial charge in [0.05, 0.1) is 5.56 Å². The SMILES string of the molecule is O=C(CCc1nc(-c2cccc(C(F)(F)F)c2)no1)N[C@H](C(=O)NCc1ccccc1)c1ccccc1. The van der Waals surface area contributed by atoms with Crippen molar-refractivity contribution in [2.75, 3.05) is 0 Å². The lowest BCUT2D eigenvalue weighted by Gasteiger charge is -2.19. The third-order valence-electron chi connectivity index (χ3n) is 5.49. The number of amides is 2. The van der Waals surface area contributed by atoms with Crippen molar-refractivity contribution in [3.05, 3.63) is 108 Å². The third-order valence-corrected chi connectivity index (χ3v) is 5.49. The van der Waals surface area contributed by atoms with Crippen LogP contribution in [0.5, 0.6) is 0 Å². The fourth-order valence-corrected chi connectivity index (χ4v) is 3.59. The number of aromatic nitrogens is 2. The minimum absolute atomic E-state index is 0.0102. The van der Waals surface area contributed by atoms with Crippen LogP contribution in [-0.2, 0) is 28.7 Å². The number of carbonyl (C=O) groups excluding carboxylic acids is 2. The lowest BCUT2D eigenvalue weighted by atomic mass is 10.1. The molecule has 0 aliphatic rings. The number of hydrogen-bond acceptors (Lipinski definition) is 5. The van der Waals surface area contributed by atoms with Crippen molar-refractivity contribution in [2.24, 2.45) is 0 Å². The molecule has 2 N–H and O–H groups in total. The van der Waals surface area contributed by atoms with Crippen LogP contribution in [0.1, 0.15) is 35.0 Å². The first-order chi connectivity index (χ1) is 17.8. The highest BCUT2D eigenvalue weighted by Gasteiger charge is 2.31. The molecule has 2 amide bonds. The highest BCUT2D eigenvalue weighted by Crippen LogP contribution is 2.31. The van der Waals surface area contributed by atoms with Crippen LogP contribution in [0.25, 0.3) is 11.4 Å². The van der Waals surface area contributed by atoms with Gasteiger partial charge in [0.25, 0.3) is 0 Å². The van der Waals surface area contributed by atoms with E-state index in [0.29, 0.717) is 12.1 Å². The van der Waals surface area contributed by atoms with E-state index in [1.165, 1.54) is 12.1 Å². The van der Waals surface area contributed by atoms with Gasteiger partial charge in [-0.1, -0.05) is 78.0 Å². The minimum Gasteiger partial charge on any atom is -0.350 e. The molecule has 4 rings (SSSR count). The molecule has 37 heavy (non-hydrogen) atoms. The second kappa shape index (κ2) is 11.5. The van der Waals surface area contributed by atoms with Crippen LogP contribution >= 0.6 is 0 Å². The Balaban J connectivity index is 1.38. The Kier molecular flexibility index (Phi) is 7.97. The summed E-state index contributed by atoms with van der Waals surface area (Å²) in [5.41, 5.74) is 0.856. The molecule has 190 valence electrons. The van der Waals surface area contributed by atoms with Crippen LogP contribution in [0.3, 0.4) is 0 Å². The van der Waals surface area contributed by atoms with Crippen molar-refractivity contribution in [1.29, 1.82) is 0 Å². The highest BCUT2D eigenvalue weighted by molar-refractivity contribution is 5.88. The van der Waals surface area contributed by atoms with Gasteiger partial charge in [0.2, 0.25) is 23.5 Å². The number of halogens is 3. The Bertz CT molecular complexity index is 1340. The largest absolute Gasteiger partial charge is 0.416 e. The Morgan fingerprint density at radius 1 is 0.919 bits per heavy atom. The zero-order valence-electron chi connectivity index (χ0n) is 19.5. The summed E-state index contributed by atoms with van der Waals surface area (Å²) in [5, 5.41) is 9.30. The number of nitrogens with one attached hydrogen (secondary N) is 2. The molecule has 1 atom stereocenters. The van der Waals surface area contributed by atoms with Crippen molar-refractivity contribution >= 4 is 11.8 Å². The molecule has 3 aromatic carbocycles. The molecule has 0 aliphatic carbocycles. The number of alkyl halides is 3. The van der Waals surface area contributed by atoms with Gasteiger partial charge in [0, 0.05) is 24.9 Å². The van der Waals surface area contributed by atoms with Crippen LogP contribution < -0.4 is 10.6 Å². The fourth-order valence-electron chi connectivity index (χ4n) is 3.59. The zero-order valence-corrected chi connectivity index (χ0v) is 19.5. The van der Waals surface area contributed by atoms with E-state index in [4.69, 9.17) is 4.52 Å². The monoisotopic (exact) mass is 508 g/mol. The number of benzene rings is 3. The van der Waals surface area contributed by atoms with Crippen LogP contribution in [-0.4, -0.2) is 22.0 Å². The molecule has 0 saturated heterocycles. The molecule has 0 saturated carbocycles. The van der Waals surface area contributed by atoms with Crippen LogP contribution in [0, 0.1) is 0 Å². The lowest BCUT2D eigenvalue weighted by molar-refractivity contribution is -0.137. The fraction of sp³-hybridized carbons (Fsp3) is 0.185. The average molecular weight is 509 g/mol. The number of aryl methyl sites for hydroxylation is 1. The normalized spacial score (nSPS) is 12.1. The minimum atomic E-state index is -4.50. The number of rotatable bonds is 9. The van der Waals surface area contributed by atoms with Gasteiger partial charge in [-0.15, -0.1) is 0 Å². The second-order valence-electron chi connectivity index (χ2n) is 8.20. The predicted molar refractivity (Wildman–Crippen MR) is 129 cm³/mol.